The van der Waals surface area contributed by atoms with E-state index in [-0.39, 0.29) is 18.2 Å². The minimum absolute atomic E-state index is 0.0412. The van der Waals surface area contributed by atoms with Crippen LogP contribution in [0.1, 0.15) is 37.7 Å². The molecule has 1 aliphatic carbocycles. The molecule has 1 amide bonds. The Labute approximate surface area is 123 Å². The Morgan fingerprint density at radius 3 is 2.52 bits per heavy atom. The van der Waals surface area contributed by atoms with Gasteiger partial charge in [0, 0.05) is 12.3 Å². The van der Waals surface area contributed by atoms with E-state index < -0.39 is 17.8 Å². The molecule has 1 saturated carbocycles. The third-order valence-corrected chi connectivity index (χ3v) is 3.97. The van der Waals surface area contributed by atoms with E-state index in [1.54, 1.807) is 12.1 Å². The summed E-state index contributed by atoms with van der Waals surface area (Å²) in [5.41, 5.74) is 0.300. The maximum absolute atomic E-state index is 13.6. The summed E-state index contributed by atoms with van der Waals surface area (Å²) in [7, 11) is 0. The molecule has 1 fully saturated rings. The summed E-state index contributed by atoms with van der Waals surface area (Å²) in [6, 6.07) is 4.95. The van der Waals surface area contributed by atoms with Crippen molar-refractivity contribution in [2.24, 2.45) is 5.92 Å². The van der Waals surface area contributed by atoms with Crippen molar-refractivity contribution in [2.75, 3.05) is 0 Å². The Morgan fingerprint density at radius 2 is 1.90 bits per heavy atom. The highest BCUT2D eigenvalue weighted by Crippen LogP contribution is 2.24. The van der Waals surface area contributed by atoms with Crippen LogP contribution in [0.5, 0.6) is 0 Å². The fourth-order valence-electron chi connectivity index (χ4n) is 2.74. The number of carboxylic acid groups (broad SMARTS) is 1. The second kappa shape index (κ2) is 7.20. The van der Waals surface area contributed by atoms with E-state index in [4.69, 9.17) is 0 Å². The van der Waals surface area contributed by atoms with E-state index >= 15 is 0 Å². The first-order chi connectivity index (χ1) is 10.1. The Hall–Kier alpha value is -1.91. The van der Waals surface area contributed by atoms with Gasteiger partial charge in [0.25, 0.3) is 0 Å². The third-order valence-electron chi connectivity index (χ3n) is 3.97. The first-order valence-corrected chi connectivity index (χ1v) is 7.34. The Balaban J connectivity index is 2.00. The maximum atomic E-state index is 13.6. The predicted octanol–water partition coefficient (Wildman–Crippen LogP) is 2.52. The van der Waals surface area contributed by atoms with E-state index in [0.717, 1.165) is 32.1 Å². The van der Waals surface area contributed by atoms with Crippen LogP contribution in [0.2, 0.25) is 0 Å². The molecule has 0 aromatic heterocycles. The molecule has 4 nitrogen and oxygen atoms in total. The molecule has 0 spiro atoms. The molecule has 0 saturated heterocycles. The summed E-state index contributed by atoms with van der Waals surface area (Å²) in [5, 5.41) is 11.8. The third kappa shape index (κ3) is 4.28. The van der Waals surface area contributed by atoms with E-state index in [2.05, 4.69) is 5.32 Å². The van der Waals surface area contributed by atoms with E-state index in [0.29, 0.717) is 5.56 Å². The maximum Gasteiger partial charge on any atom is 0.326 e. The average Bonchev–Trinajstić information content (AvgIpc) is 2.49. The summed E-state index contributed by atoms with van der Waals surface area (Å²) < 4.78 is 13.6. The number of rotatable bonds is 5. The van der Waals surface area contributed by atoms with Gasteiger partial charge in [0.15, 0.2) is 0 Å². The zero-order valence-corrected chi connectivity index (χ0v) is 11.8. The zero-order valence-electron chi connectivity index (χ0n) is 11.8. The van der Waals surface area contributed by atoms with Gasteiger partial charge in [0.05, 0.1) is 0 Å². The number of carboxylic acids is 1. The van der Waals surface area contributed by atoms with E-state index in [9.17, 15) is 19.1 Å². The second-order valence-electron chi connectivity index (χ2n) is 5.53. The van der Waals surface area contributed by atoms with Gasteiger partial charge in [-0.2, -0.15) is 0 Å². The first-order valence-electron chi connectivity index (χ1n) is 7.34. The number of halogens is 1. The van der Waals surface area contributed by atoms with Gasteiger partial charge in [-0.1, -0.05) is 37.5 Å². The van der Waals surface area contributed by atoms with Gasteiger partial charge < -0.3 is 10.4 Å². The molecule has 2 N–H and O–H groups in total. The van der Waals surface area contributed by atoms with Crippen molar-refractivity contribution in [3.8, 4) is 0 Å². The number of aliphatic carboxylic acids is 1. The molecule has 21 heavy (non-hydrogen) atoms. The second-order valence-corrected chi connectivity index (χ2v) is 5.53. The Morgan fingerprint density at radius 1 is 1.24 bits per heavy atom. The van der Waals surface area contributed by atoms with Crippen LogP contribution in [0.3, 0.4) is 0 Å². The lowest BCUT2D eigenvalue weighted by molar-refractivity contribution is -0.142. The molecule has 0 heterocycles. The number of hydrogen-bond donors (Lipinski definition) is 2. The smallest absolute Gasteiger partial charge is 0.326 e. The highest BCUT2D eigenvalue weighted by molar-refractivity contribution is 5.85. The highest BCUT2D eigenvalue weighted by atomic mass is 19.1. The van der Waals surface area contributed by atoms with Gasteiger partial charge in [0.2, 0.25) is 5.91 Å². The summed E-state index contributed by atoms with van der Waals surface area (Å²) in [6.45, 7) is 0. The van der Waals surface area contributed by atoms with Crippen LogP contribution < -0.4 is 5.32 Å². The fourth-order valence-corrected chi connectivity index (χ4v) is 2.74. The minimum atomic E-state index is -1.14. The standard InChI is InChI=1S/C16H20FNO3/c17-13-9-5-4-8-12(13)10-14(16(20)21)18-15(19)11-6-2-1-3-7-11/h4-5,8-9,11,14H,1-3,6-7,10H2,(H,18,19)(H,20,21)/t14-/m1/s1. The largest absolute Gasteiger partial charge is 0.480 e. The predicted molar refractivity (Wildman–Crippen MR) is 76.2 cm³/mol. The van der Waals surface area contributed by atoms with Crippen molar-refractivity contribution in [3.63, 3.8) is 0 Å². The van der Waals surface area contributed by atoms with E-state index in [1.807, 2.05) is 0 Å². The molecule has 114 valence electrons. The zero-order chi connectivity index (χ0) is 15.2. The SMILES string of the molecule is O=C(N[C@H](Cc1ccccc1F)C(=O)O)C1CCCCC1. The molecular formula is C16H20FNO3. The van der Waals surface area contributed by atoms with Gasteiger partial charge >= 0.3 is 5.97 Å². The van der Waals surface area contributed by atoms with Crippen LogP contribution in [-0.2, 0) is 16.0 Å². The van der Waals surface area contributed by atoms with Gasteiger partial charge in [-0.25, -0.2) is 9.18 Å². The molecule has 1 atom stereocenters. The molecule has 0 radical (unpaired) electrons. The van der Waals surface area contributed by atoms with Crippen molar-refractivity contribution in [3.05, 3.63) is 35.6 Å². The van der Waals surface area contributed by atoms with Crippen LogP contribution in [-0.4, -0.2) is 23.0 Å². The molecular weight excluding hydrogens is 273 g/mol. The minimum Gasteiger partial charge on any atom is -0.480 e. The molecule has 1 aliphatic rings. The molecule has 1 aromatic rings. The molecule has 0 unspecified atom stereocenters. The summed E-state index contributed by atoms with van der Waals surface area (Å²) in [6.07, 6.45) is 4.70. The van der Waals surface area contributed by atoms with Crippen molar-refractivity contribution in [2.45, 2.75) is 44.6 Å². The van der Waals surface area contributed by atoms with Crippen LogP contribution in [0.15, 0.2) is 24.3 Å². The van der Waals surface area contributed by atoms with Crippen molar-refractivity contribution >= 4 is 11.9 Å². The molecule has 0 bridgehead atoms. The van der Waals surface area contributed by atoms with Crippen molar-refractivity contribution in [1.82, 2.24) is 5.32 Å². The van der Waals surface area contributed by atoms with Gasteiger partial charge in [0.1, 0.15) is 11.9 Å². The summed E-state index contributed by atoms with van der Waals surface area (Å²) >= 11 is 0. The monoisotopic (exact) mass is 293 g/mol. The Kier molecular flexibility index (Phi) is 5.31. The van der Waals surface area contributed by atoms with Crippen LogP contribution in [0.4, 0.5) is 4.39 Å². The van der Waals surface area contributed by atoms with Gasteiger partial charge in [-0.05, 0) is 24.5 Å². The number of carbonyl (C=O) groups excluding carboxylic acids is 1. The van der Waals surface area contributed by atoms with Crippen LogP contribution >= 0.6 is 0 Å². The first kappa shape index (κ1) is 15.5. The number of benzene rings is 1. The molecule has 5 heteroatoms. The van der Waals surface area contributed by atoms with Gasteiger partial charge in [-0.3, -0.25) is 4.79 Å². The fraction of sp³-hybridized carbons (Fsp3) is 0.500. The Bertz CT molecular complexity index is 512. The molecule has 0 aliphatic heterocycles. The quantitative estimate of drug-likeness (QED) is 0.876. The van der Waals surface area contributed by atoms with Gasteiger partial charge in [-0.15, -0.1) is 0 Å². The number of nitrogens with one attached hydrogen (secondary N) is 1. The molecule has 2 rings (SSSR count). The van der Waals surface area contributed by atoms with Crippen molar-refractivity contribution in [1.29, 1.82) is 0 Å². The lowest BCUT2D eigenvalue weighted by Crippen LogP contribution is -2.45. The lowest BCUT2D eigenvalue weighted by Gasteiger charge is -2.23. The summed E-state index contributed by atoms with van der Waals surface area (Å²) in [5.74, 6) is -1.92. The van der Waals surface area contributed by atoms with Crippen LogP contribution in [0.25, 0.3) is 0 Å². The topological polar surface area (TPSA) is 66.4 Å². The van der Waals surface area contributed by atoms with Crippen LogP contribution in [0, 0.1) is 11.7 Å². The number of hydrogen-bond acceptors (Lipinski definition) is 2. The average molecular weight is 293 g/mol. The van der Waals surface area contributed by atoms with Crippen molar-refractivity contribution < 1.29 is 19.1 Å². The lowest BCUT2D eigenvalue weighted by atomic mass is 9.88. The van der Waals surface area contributed by atoms with E-state index in [1.165, 1.54) is 12.1 Å². The summed E-state index contributed by atoms with van der Waals surface area (Å²) in [4.78, 5) is 23.4. The normalized spacial score (nSPS) is 17.2. The number of carbonyl (C=O) groups is 2. The number of amides is 1. The highest BCUT2D eigenvalue weighted by Gasteiger charge is 2.27. The molecule has 1 aromatic carbocycles.